The van der Waals surface area contributed by atoms with Crippen molar-refractivity contribution in [3.8, 4) is 23.0 Å². The highest BCUT2D eigenvalue weighted by Gasteiger charge is 2.17. The van der Waals surface area contributed by atoms with E-state index in [1.54, 1.807) is 52.2 Å². The first-order valence-corrected chi connectivity index (χ1v) is 12.0. The van der Waals surface area contributed by atoms with E-state index in [0.717, 1.165) is 0 Å². The molecule has 0 bridgehead atoms. The molecule has 0 spiro atoms. The van der Waals surface area contributed by atoms with Gasteiger partial charge in [0.1, 0.15) is 0 Å². The highest BCUT2D eigenvalue weighted by Crippen LogP contribution is 2.35. The van der Waals surface area contributed by atoms with Crippen LogP contribution >= 0.6 is 23.2 Å². The zero-order valence-corrected chi connectivity index (χ0v) is 19.8. The van der Waals surface area contributed by atoms with Gasteiger partial charge in [0.2, 0.25) is 0 Å². The van der Waals surface area contributed by atoms with Crippen LogP contribution in [0.1, 0.15) is 23.7 Å². The predicted molar refractivity (Wildman–Crippen MR) is 122 cm³/mol. The third-order valence-corrected chi connectivity index (χ3v) is 6.73. The molecule has 1 aromatic carbocycles. The number of ether oxygens (including phenoxy) is 1. The van der Waals surface area contributed by atoms with E-state index >= 15 is 0 Å². The minimum Gasteiger partial charge on any atom is -0.422 e. The molecule has 0 amide bonds. The molecule has 0 atom stereocenters. The van der Waals surface area contributed by atoms with E-state index < -0.39 is 9.84 Å². The molecule has 3 rings (SSSR count). The van der Waals surface area contributed by atoms with Crippen molar-refractivity contribution < 1.29 is 13.2 Å². The van der Waals surface area contributed by atoms with Crippen molar-refractivity contribution >= 4 is 33.0 Å². The first-order valence-electron chi connectivity index (χ1n) is 9.38. The van der Waals surface area contributed by atoms with Gasteiger partial charge in [0.15, 0.2) is 15.6 Å². The van der Waals surface area contributed by atoms with Gasteiger partial charge in [-0.25, -0.2) is 8.42 Å². The van der Waals surface area contributed by atoms with E-state index in [-0.39, 0.29) is 33.8 Å². The topological polar surface area (TPSA) is 91.2 Å². The van der Waals surface area contributed by atoms with Crippen LogP contribution in [0.25, 0.3) is 11.3 Å². The van der Waals surface area contributed by atoms with E-state index in [1.807, 2.05) is 0 Å². The lowest BCUT2D eigenvalue weighted by atomic mass is 10.1. The molecular formula is C21H21Cl2N3O4S. The molecule has 0 aliphatic carbocycles. The number of halogens is 2. The summed E-state index contributed by atoms with van der Waals surface area (Å²) in [6, 6.07) is 6.43. The molecule has 0 saturated heterocycles. The Labute approximate surface area is 190 Å². The van der Waals surface area contributed by atoms with Crippen molar-refractivity contribution in [1.82, 2.24) is 14.5 Å². The molecule has 0 fully saturated rings. The first-order chi connectivity index (χ1) is 14.5. The lowest BCUT2D eigenvalue weighted by Crippen LogP contribution is -2.18. The number of nitrogens with zero attached hydrogens (tertiary/aromatic N) is 3. The molecular weight excluding hydrogens is 461 g/mol. The molecule has 3 aromatic rings. The highest BCUT2D eigenvalue weighted by atomic mass is 35.5. The highest BCUT2D eigenvalue weighted by molar-refractivity contribution is 7.90. The largest absolute Gasteiger partial charge is 0.422 e. The van der Waals surface area contributed by atoms with Crippen LogP contribution in [0.3, 0.4) is 0 Å². The Morgan fingerprint density at radius 1 is 1.06 bits per heavy atom. The zero-order chi connectivity index (χ0) is 22.9. The molecule has 2 heterocycles. The van der Waals surface area contributed by atoms with Crippen LogP contribution in [0, 0.1) is 13.8 Å². The molecule has 10 heteroatoms. The van der Waals surface area contributed by atoms with Crippen molar-refractivity contribution in [3.63, 3.8) is 0 Å². The number of sulfone groups is 1. The lowest BCUT2D eigenvalue weighted by molar-refractivity contribution is 0.438. The van der Waals surface area contributed by atoms with E-state index in [4.69, 9.17) is 27.9 Å². The molecule has 31 heavy (non-hydrogen) atoms. The van der Waals surface area contributed by atoms with E-state index in [2.05, 4.69) is 9.97 Å². The lowest BCUT2D eigenvalue weighted by Gasteiger charge is -2.13. The van der Waals surface area contributed by atoms with Crippen LogP contribution in [0.15, 0.2) is 35.3 Å². The molecule has 164 valence electrons. The number of hydrogen-bond acceptors (Lipinski definition) is 6. The molecule has 7 nitrogen and oxygen atoms in total. The van der Waals surface area contributed by atoms with E-state index in [0.29, 0.717) is 33.2 Å². The van der Waals surface area contributed by atoms with E-state index in [1.165, 1.54) is 10.6 Å². The van der Waals surface area contributed by atoms with Gasteiger partial charge in [-0.1, -0.05) is 30.1 Å². The van der Waals surface area contributed by atoms with Gasteiger partial charge < -0.3 is 9.30 Å². The summed E-state index contributed by atoms with van der Waals surface area (Å²) < 4.78 is 31.7. The van der Waals surface area contributed by atoms with Crippen molar-refractivity contribution in [2.75, 3.05) is 5.75 Å². The average molecular weight is 482 g/mol. The molecule has 0 saturated carbocycles. The number of pyridine rings is 1. The molecule has 0 aliphatic heterocycles. The second kappa shape index (κ2) is 8.98. The molecule has 0 N–H and O–H groups in total. The van der Waals surface area contributed by atoms with Gasteiger partial charge in [-0.15, -0.1) is 0 Å². The van der Waals surface area contributed by atoms with Crippen molar-refractivity contribution in [2.45, 2.75) is 26.5 Å². The fourth-order valence-corrected chi connectivity index (χ4v) is 4.43. The Kier molecular flexibility index (Phi) is 6.73. The molecule has 0 unspecified atom stereocenters. The van der Waals surface area contributed by atoms with Gasteiger partial charge >= 0.3 is 6.01 Å². The fourth-order valence-electron chi connectivity index (χ4n) is 3.00. The summed E-state index contributed by atoms with van der Waals surface area (Å²) in [5, 5.41) is 0.736. The van der Waals surface area contributed by atoms with Crippen LogP contribution in [0.4, 0.5) is 0 Å². The van der Waals surface area contributed by atoms with Gasteiger partial charge in [-0.3, -0.25) is 4.79 Å². The summed E-state index contributed by atoms with van der Waals surface area (Å²) in [5.74, 6) is 0.0287. The SMILES string of the molecule is CCS(=O)(=O)Cc1cc(-c2cc(C)c(=O)n(C)c2)nc(Oc2c(C)cc(Cl)cc2Cl)n1. The predicted octanol–water partition coefficient (Wildman–Crippen LogP) is 4.49. The number of benzene rings is 1. The summed E-state index contributed by atoms with van der Waals surface area (Å²) in [6.45, 7) is 5.04. The Hall–Kier alpha value is -2.42. The van der Waals surface area contributed by atoms with Crippen LogP contribution < -0.4 is 10.3 Å². The van der Waals surface area contributed by atoms with Gasteiger partial charge in [0.05, 0.1) is 22.2 Å². The fraction of sp³-hybridized carbons (Fsp3) is 0.286. The quantitative estimate of drug-likeness (QED) is 0.514. The number of rotatable bonds is 6. The second-order valence-corrected chi connectivity index (χ2v) is 10.4. The number of hydrogen-bond donors (Lipinski definition) is 0. The summed E-state index contributed by atoms with van der Waals surface area (Å²) in [5.41, 5.74) is 2.39. The maximum absolute atomic E-state index is 12.2. The Morgan fingerprint density at radius 3 is 2.39 bits per heavy atom. The van der Waals surface area contributed by atoms with Crippen LogP contribution in [0.5, 0.6) is 11.8 Å². The van der Waals surface area contributed by atoms with Crippen LogP contribution in [-0.2, 0) is 22.6 Å². The van der Waals surface area contributed by atoms with Crippen LogP contribution in [0.2, 0.25) is 10.0 Å². The van der Waals surface area contributed by atoms with Gasteiger partial charge in [-0.05, 0) is 43.7 Å². The van der Waals surface area contributed by atoms with E-state index in [9.17, 15) is 13.2 Å². The maximum Gasteiger partial charge on any atom is 0.322 e. The van der Waals surface area contributed by atoms with Crippen molar-refractivity contribution in [3.05, 3.63) is 67.7 Å². The molecule has 0 aliphatic rings. The normalized spacial score (nSPS) is 11.5. The van der Waals surface area contributed by atoms with Crippen molar-refractivity contribution in [1.29, 1.82) is 0 Å². The Morgan fingerprint density at radius 2 is 1.77 bits per heavy atom. The molecule has 2 aromatic heterocycles. The van der Waals surface area contributed by atoms with Gasteiger partial charge in [0, 0.05) is 35.1 Å². The minimum atomic E-state index is -3.35. The van der Waals surface area contributed by atoms with Gasteiger partial charge in [-0.2, -0.15) is 9.97 Å². The van der Waals surface area contributed by atoms with Gasteiger partial charge in [0.25, 0.3) is 5.56 Å². The first kappa shape index (κ1) is 23.2. The number of aromatic nitrogens is 3. The zero-order valence-electron chi connectivity index (χ0n) is 17.4. The molecule has 0 radical (unpaired) electrons. The minimum absolute atomic E-state index is 0.0242. The summed E-state index contributed by atoms with van der Waals surface area (Å²) in [4.78, 5) is 20.8. The summed E-state index contributed by atoms with van der Waals surface area (Å²) in [7, 11) is -1.72. The average Bonchev–Trinajstić information content (AvgIpc) is 2.68. The monoisotopic (exact) mass is 481 g/mol. The summed E-state index contributed by atoms with van der Waals surface area (Å²) >= 11 is 12.3. The summed E-state index contributed by atoms with van der Waals surface area (Å²) in [6.07, 6.45) is 1.63. The standard InChI is InChI=1S/C21H21Cl2N3O4S/c1-5-31(28,29)11-16-9-18(14-6-13(3)20(27)26(4)10-14)25-21(24-16)30-19-12(2)7-15(22)8-17(19)23/h6-10H,5,11H2,1-4H3. The number of aryl methyl sites for hydroxylation is 3. The Balaban J connectivity index is 2.15. The second-order valence-electron chi connectivity index (χ2n) is 7.17. The van der Waals surface area contributed by atoms with Crippen LogP contribution in [-0.4, -0.2) is 28.7 Å². The van der Waals surface area contributed by atoms with Crippen molar-refractivity contribution in [2.24, 2.45) is 7.05 Å². The third kappa shape index (κ3) is 5.44. The maximum atomic E-state index is 12.2. The Bertz CT molecular complexity index is 1270. The smallest absolute Gasteiger partial charge is 0.322 e. The third-order valence-electron chi connectivity index (χ3n) is 4.61.